The maximum Gasteiger partial charge on any atom is 0.234 e. The number of hydrogen-bond donors (Lipinski definition) is 1. The van der Waals surface area contributed by atoms with Crippen molar-refractivity contribution in [2.45, 2.75) is 16.7 Å². The average Bonchev–Trinajstić information content (AvgIpc) is 3.04. The molecule has 158 valence electrons. The van der Waals surface area contributed by atoms with E-state index in [0.29, 0.717) is 31.2 Å². The SMILES string of the molecule is Cn1c(CSCc2ccc(Cl)cc2Cl)nnc1SCC(=O)Nc1ccc(Br)cc1F. The molecule has 2 aromatic carbocycles. The fraction of sp³-hybridized carbons (Fsp3) is 0.211. The molecule has 0 bridgehead atoms. The first-order chi connectivity index (χ1) is 14.3. The Hall–Kier alpha value is -1.26. The lowest BCUT2D eigenvalue weighted by Crippen LogP contribution is -2.15. The first kappa shape index (κ1) is 23.4. The second-order valence-electron chi connectivity index (χ2n) is 6.15. The van der Waals surface area contributed by atoms with Crippen LogP contribution in [-0.2, 0) is 23.3 Å². The molecule has 0 fully saturated rings. The molecule has 0 radical (unpaired) electrons. The highest BCUT2D eigenvalue weighted by Crippen LogP contribution is 2.27. The number of thioether (sulfide) groups is 2. The molecule has 5 nitrogen and oxygen atoms in total. The molecule has 0 spiro atoms. The van der Waals surface area contributed by atoms with E-state index in [-0.39, 0.29) is 17.3 Å². The van der Waals surface area contributed by atoms with Crippen LogP contribution < -0.4 is 5.32 Å². The van der Waals surface area contributed by atoms with Gasteiger partial charge in [-0.2, -0.15) is 0 Å². The Labute approximate surface area is 200 Å². The smallest absolute Gasteiger partial charge is 0.234 e. The van der Waals surface area contributed by atoms with Gasteiger partial charge in [0.25, 0.3) is 0 Å². The molecule has 0 aliphatic heterocycles. The number of nitrogens with zero attached hydrogens (tertiary/aromatic N) is 3. The lowest BCUT2D eigenvalue weighted by molar-refractivity contribution is -0.113. The van der Waals surface area contributed by atoms with Crippen LogP contribution in [-0.4, -0.2) is 26.4 Å². The maximum atomic E-state index is 13.8. The summed E-state index contributed by atoms with van der Waals surface area (Å²) in [5, 5.41) is 12.7. The summed E-state index contributed by atoms with van der Waals surface area (Å²) in [7, 11) is 1.85. The van der Waals surface area contributed by atoms with Gasteiger partial charge in [-0.05, 0) is 35.9 Å². The highest BCUT2D eigenvalue weighted by molar-refractivity contribution is 9.10. The van der Waals surface area contributed by atoms with Crippen molar-refractivity contribution in [1.29, 1.82) is 0 Å². The van der Waals surface area contributed by atoms with Gasteiger partial charge in [0.1, 0.15) is 11.6 Å². The lowest BCUT2D eigenvalue weighted by Gasteiger charge is -2.07. The van der Waals surface area contributed by atoms with Crippen molar-refractivity contribution in [2.75, 3.05) is 11.1 Å². The van der Waals surface area contributed by atoms with Crippen molar-refractivity contribution >= 4 is 74.3 Å². The number of benzene rings is 2. The first-order valence-corrected chi connectivity index (χ1v) is 12.3. The number of rotatable bonds is 8. The lowest BCUT2D eigenvalue weighted by atomic mass is 10.2. The fourth-order valence-electron chi connectivity index (χ4n) is 2.39. The largest absolute Gasteiger partial charge is 0.323 e. The Balaban J connectivity index is 1.50. The van der Waals surface area contributed by atoms with Crippen LogP contribution in [0.4, 0.5) is 10.1 Å². The molecule has 1 N–H and O–H groups in total. The molecule has 3 rings (SSSR count). The van der Waals surface area contributed by atoms with E-state index in [9.17, 15) is 9.18 Å². The van der Waals surface area contributed by atoms with Gasteiger partial charge in [0, 0.05) is 27.3 Å². The molecular weight excluding hydrogens is 534 g/mol. The highest BCUT2D eigenvalue weighted by atomic mass is 79.9. The Morgan fingerprint density at radius 3 is 2.73 bits per heavy atom. The van der Waals surface area contributed by atoms with E-state index >= 15 is 0 Å². The third-order valence-electron chi connectivity index (χ3n) is 3.97. The summed E-state index contributed by atoms with van der Waals surface area (Å²) in [6.07, 6.45) is 0. The zero-order valence-electron chi connectivity index (χ0n) is 15.7. The predicted octanol–water partition coefficient (Wildman–Crippen LogP) is 6.19. The molecule has 3 aromatic rings. The number of aromatic nitrogens is 3. The minimum absolute atomic E-state index is 0.0923. The molecule has 0 atom stereocenters. The van der Waals surface area contributed by atoms with Crippen LogP contribution in [0, 0.1) is 5.82 Å². The summed E-state index contributed by atoms with van der Waals surface area (Å²) in [6.45, 7) is 0. The summed E-state index contributed by atoms with van der Waals surface area (Å²) < 4.78 is 16.3. The summed E-state index contributed by atoms with van der Waals surface area (Å²) >= 11 is 18.2. The van der Waals surface area contributed by atoms with Crippen LogP contribution in [0.15, 0.2) is 46.0 Å². The Bertz CT molecular complexity index is 1070. The van der Waals surface area contributed by atoms with Gasteiger partial charge in [0.15, 0.2) is 5.16 Å². The number of halogens is 4. The topological polar surface area (TPSA) is 59.8 Å². The molecular formula is C19H16BrCl2FN4OS2. The number of carbonyl (C=O) groups is 1. The average molecular weight is 550 g/mol. The summed E-state index contributed by atoms with van der Waals surface area (Å²) in [5.74, 6) is 1.41. The van der Waals surface area contributed by atoms with Crippen molar-refractivity contribution < 1.29 is 9.18 Å². The Kier molecular flexibility index (Phi) is 8.47. The van der Waals surface area contributed by atoms with Crippen LogP contribution in [0.3, 0.4) is 0 Å². The normalized spacial score (nSPS) is 11.0. The van der Waals surface area contributed by atoms with Crippen LogP contribution in [0.25, 0.3) is 0 Å². The van der Waals surface area contributed by atoms with Crippen LogP contribution in [0.2, 0.25) is 10.0 Å². The summed E-state index contributed by atoms with van der Waals surface area (Å²) in [6, 6.07) is 9.91. The molecule has 1 heterocycles. The van der Waals surface area contributed by atoms with Gasteiger partial charge < -0.3 is 9.88 Å². The van der Waals surface area contributed by atoms with E-state index in [1.165, 1.54) is 23.9 Å². The van der Waals surface area contributed by atoms with Gasteiger partial charge in [-0.15, -0.1) is 22.0 Å². The summed E-state index contributed by atoms with van der Waals surface area (Å²) in [4.78, 5) is 12.1. The maximum absolute atomic E-state index is 13.8. The zero-order valence-corrected chi connectivity index (χ0v) is 20.4. The van der Waals surface area contributed by atoms with Crippen LogP contribution in [0.5, 0.6) is 0 Å². The molecule has 11 heteroatoms. The minimum atomic E-state index is -0.499. The standard InChI is InChI=1S/C19H16BrCl2FN4OS2/c1-27-17(9-29-8-11-2-4-13(21)7-14(11)22)25-26-19(27)30-10-18(28)24-16-5-3-12(20)6-15(16)23/h2-7H,8-10H2,1H3,(H,24,28). The monoisotopic (exact) mass is 548 g/mol. The highest BCUT2D eigenvalue weighted by Gasteiger charge is 2.13. The number of hydrogen-bond acceptors (Lipinski definition) is 5. The molecule has 1 aromatic heterocycles. The molecule has 1 amide bonds. The Morgan fingerprint density at radius 2 is 2.00 bits per heavy atom. The molecule has 0 saturated carbocycles. The van der Waals surface area contributed by atoms with Crippen molar-refractivity contribution in [3.8, 4) is 0 Å². The van der Waals surface area contributed by atoms with Crippen LogP contribution >= 0.6 is 62.7 Å². The van der Waals surface area contributed by atoms with E-state index in [1.54, 1.807) is 23.9 Å². The van der Waals surface area contributed by atoms with Crippen molar-refractivity contribution in [2.24, 2.45) is 7.05 Å². The first-order valence-electron chi connectivity index (χ1n) is 8.61. The zero-order chi connectivity index (χ0) is 21.7. The molecule has 0 unspecified atom stereocenters. The molecule has 30 heavy (non-hydrogen) atoms. The van der Waals surface area contributed by atoms with Gasteiger partial charge in [-0.3, -0.25) is 4.79 Å². The van der Waals surface area contributed by atoms with Gasteiger partial charge in [0.05, 0.1) is 17.2 Å². The molecule has 0 saturated heterocycles. The summed E-state index contributed by atoms with van der Waals surface area (Å²) in [5.41, 5.74) is 1.14. The third kappa shape index (κ3) is 6.37. The second-order valence-corrected chi connectivity index (χ2v) is 9.83. The van der Waals surface area contributed by atoms with Gasteiger partial charge in [-0.25, -0.2) is 4.39 Å². The van der Waals surface area contributed by atoms with Gasteiger partial charge in [0.2, 0.25) is 5.91 Å². The number of nitrogens with one attached hydrogen (secondary N) is 1. The van der Waals surface area contributed by atoms with E-state index in [1.807, 2.05) is 23.7 Å². The van der Waals surface area contributed by atoms with E-state index in [4.69, 9.17) is 23.2 Å². The number of carbonyl (C=O) groups excluding carboxylic acids is 1. The molecule has 0 aliphatic carbocycles. The van der Waals surface area contributed by atoms with E-state index in [2.05, 4.69) is 31.4 Å². The van der Waals surface area contributed by atoms with Crippen molar-refractivity contribution in [3.63, 3.8) is 0 Å². The van der Waals surface area contributed by atoms with Crippen LogP contribution in [0.1, 0.15) is 11.4 Å². The predicted molar refractivity (Wildman–Crippen MR) is 126 cm³/mol. The Morgan fingerprint density at radius 1 is 1.20 bits per heavy atom. The second kappa shape index (κ2) is 10.9. The number of amides is 1. The van der Waals surface area contributed by atoms with E-state index < -0.39 is 5.82 Å². The molecule has 0 aliphatic rings. The van der Waals surface area contributed by atoms with Crippen molar-refractivity contribution in [1.82, 2.24) is 14.8 Å². The minimum Gasteiger partial charge on any atom is -0.323 e. The van der Waals surface area contributed by atoms with Crippen molar-refractivity contribution in [3.05, 3.63) is 68.1 Å². The van der Waals surface area contributed by atoms with Gasteiger partial charge >= 0.3 is 0 Å². The van der Waals surface area contributed by atoms with E-state index in [0.717, 1.165) is 11.4 Å². The third-order valence-corrected chi connectivity index (χ3v) is 7.04. The number of anilines is 1. The van der Waals surface area contributed by atoms with Gasteiger partial charge in [-0.1, -0.05) is 57.0 Å². The quantitative estimate of drug-likeness (QED) is 0.339. The fourth-order valence-corrected chi connectivity index (χ4v) is 5.02.